The number of halogens is 1. The molecule has 0 aliphatic carbocycles. The number of pyridine rings is 1. The maximum Gasteiger partial charge on any atom is 0.262 e. The Morgan fingerprint density at radius 3 is 2.61 bits per heavy atom. The molecule has 0 bridgehead atoms. The number of fused-ring (bicyclic) bond motifs is 1. The van der Waals surface area contributed by atoms with E-state index in [-0.39, 0.29) is 11.1 Å². The molecule has 0 aliphatic rings. The van der Waals surface area contributed by atoms with Gasteiger partial charge in [0.25, 0.3) is 5.91 Å². The molecule has 3 aromatic heterocycles. The first-order valence-electron chi connectivity index (χ1n) is 11.7. The van der Waals surface area contributed by atoms with E-state index >= 15 is 0 Å². The Bertz CT molecular complexity index is 1410. The summed E-state index contributed by atoms with van der Waals surface area (Å²) >= 11 is 4.84. The van der Waals surface area contributed by atoms with Crippen molar-refractivity contribution in [1.82, 2.24) is 14.5 Å². The van der Waals surface area contributed by atoms with Crippen LogP contribution in [0.15, 0.2) is 53.4 Å². The SMILES string of the molecule is C[C@@H](Oc1cc(-n2cnc3cnc(CO[Si](C)(C)C(C)(C)C)cc32)sc1C(N)=O)c1ccccc1Br. The van der Waals surface area contributed by atoms with Gasteiger partial charge in [0.15, 0.2) is 8.32 Å². The number of thiophene rings is 1. The molecule has 0 fully saturated rings. The molecule has 4 rings (SSSR count). The van der Waals surface area contributed by atoms with Crippen molar-refractivity contribution in [2.45, 2.75) is 58.5 Å². The normalized spacial score (nSPS) is 13.2. The van der Waals surface area contributed by atoms with Crippen molar-refractivity contribution in [3.05, 3.63) is 69.5 Å². The molecule has 36 heavy (non-hydrogen) atoms. The van der Waals surface area contributed by atoms with Gasteiger partial charge < -0.3 is 14.9 Å². The molecule has 0 radical (unpaired) electrons. The van der Waals surface area contributed by atoms with Gasteiger partial charge in [0.2, 0.25) is 0 Å². The number of nitrogens with zero attached hydrogens (tertiary/aromatic N) is 3. The van der Waals surface area contributed by atoms with Gasteiger partial charge in [-0.3, -0.25) is 14.3 Å². The van der Waals surface area contributed by atoms with Crippen LogP contribution >= 0.6 is 27.3 Å². The third kappa shape index (κ3) is 5.41. The van der Waals surface area contributed by atoms with Crippen molar-refractivity contribution < 1.29 is 14.0 Å². The van der Waals surface area contributed by atoms with Crippen LogP contribution in [0.1, 0.15) is 54.7 Å². The highest BCUT2D eigenvalue weighted by molar-refractivity contribution is 9.10. The number of benzene rings is 1. The van der Waals surface area contributed by atoms with E-state index < -0.39 is 14.2 Å². The van der Waals surface area contributed by atoms with E-state index in [1.807, 2.05) is 47.9 Å². The molecule has 4 aromatic rings. The van der Waals surface area contributed by atoms with Crippen molar-refractivity contribution in [3.63, 3.8) is 0 Å². The smallest absolute Gasteiger partial charge is 0.262 e. The Kier molecular flexibility index (Phi) is 7.43. The average Bonchev–Trinajstić information content (AvgIpc) is 3.41. The van der Waals surface area contributed by atoms with Crippen molar-refractivity contribution in [3.8, 4) is 10.8 Å². The molecule has 0 aliphatic heterocycles. The Hall–Kier alpha value is -2.53. The van der Waals surface area contributed by atoms with E-state index in [9.17, 15) is 4.79 Å². The van der Waals surface area contributed by atoms with Crippen molar-refractivity contribution in [1.29, 1.82) is 0 Å². The first-order chi connectivity index (χ1) is 16.9. The molecule has 0 saturated carbocycles. The predicted molar refractivity (Wildman–Crippen MR) is 150 cm³/mol. The molecule has 1 atom stereocenters. The molecule has 0 saturated heterocycles. The second-order valence-corrected chi connectivity index (χ2v) is 16.9. The van der Waals surface area contributed by atoms with E-state index in [2.05, 4.69) is 59.8 Å². The molecule has 7 nitrogen and oxygen atoms in total. The first-order valence-corrected chi connectivity index (χ1v) is 16.2. The molecule has 190 valence electrons. The quantitative estimate of drug-likeness (QED) is 0.224. The summed E-state index contributed by atoms with van der Waals surface area (Å²) in [6.45, 7) is 13.5. The van der Waals surface area contributed by atoms with Gasteiger partial charge in [0.05, 0.1) is 24.0 Å². The predicted octanol–water partition coefficient (Wildman–Crippen LogP) is 7.01. The number of imidazole rings is 1. The highest BCUT2D eigenvalue weighted by Gasteiger charge is 2.37. The molecule has 1 amide bonds. The number of rotatable bonds is 8. The van der Waals surface area contributed by atoms with Crippen molar-refractivity contribution in [2.24, 2.45) is 5.73 Å². The fraction of sp³-hybridized carbons (Fsp3) is 0.346. The van der Waals surface area contributed by atoms with E-state index in [0.29, 0.717) is 17.2 Å². The van der Waals surface area contributed by atoms with Gasteiger partial charge in [-0.15, -0.1) is 11.3 Å². The Morgan fingerprint density at radius 1 is 1.22 bits per heavy atom. The minimum Gasteiger partial charge on any atom is -0.484 e. The number of primary amides is 1. The lowest BCUT2D eigenvalue weighted by Gasteiger charge is -2.36. The van der Waals surface area contributed by atoms with Crippen LogP contribution in [0.2, 0.25) is 18.1 Å². The summed E-state index contributed by atoms with van der Waals surface area (Å²) < 4.78 is 15.4. The third-order valence-electron chi connectivity index (χ3n) is 6.67. The molecular formula is C26H31BrN4O3SSi. The molecule has 2 N–H and O–H groups in total. The molecular weight excluding hydrogens is 556 g/mol. The average molecular weight is 588 g/mol. The summed E-state index contributed by atoms with van der Waals surface area (Å²) in [5, 5.41) is 0.896. The summed E-state index contributed by atoms with van der Waals surface area (Å²) in [6, 6.07) is 11.7. The minimum absolute atomic E-state index is 0.115. The number of amides is 1. The maximum absolute atomic E-state index is 12.3. The van der Waals surface area contributed by atoms with Crippen LogP contribution in [0.5, 0.6) is 5.75 Å². The largest absolute Gasteiger partial charge is 0.484 e. The lowest BCUT2D eigenvalue weighted by atomic mass is 10.1. The third-order valence-corrected chi connectivity index (χ3v) is 13.0. The van der Waals surface area contributed by atoms with Crippen LogP contribution in [0.3, 0.4) is 0 Å². The lowest BCUT2D eigenvalue weighted by molar-refractivity contribution is 0.0998. The van der Waals surface area contributed by atoms with Crippen LogP contribution in [0, 0.1) is 0 Å². The van der Waals surface area contributed by atoms with E-state index in [1.165, 1.54) is 11.3 Å². The number of carbonyl (C=O) groups excluding carboxylic acids is 1. The first kappa shape index (κ1) is 26.5. The molecule has 0 spiro atoms. The van der Waals surface area contributed by atoms with Crippen LogP contribution in [-0.4, -0.2) is 28.8 Å². The number of hydrogen-bond donors (Lipinski definition) is 1. The van der Waals surface area contributed by atoms with E-state index in [0.717, 1.165) is 31.8 Å². The zero-order chi connectivity index (χ0) is 26.3. The number of hydrogen-bond acceptors (Lipinski definition) is 6. The number of aromatic nitrogens is 3. The van der Waals surface area contributed by atoms with Gasteiger partial charge in [0.1, 0.15) is 33.6 Å². The number of ether oxygens (including phenoxy) is 1. The summed E-state index contributed by atoms with van der Waals surface area (Å²) in [4.78, 5) is 21.7. The Balaban J connectivity index is 1.65. The summed E-state index contributed by atoms with van der Waals surface area (Å²) in [6.07, 6.45) is 3.19. The second kappa shape index (κ2) is 10.1. The summed E-state index contributed by atoms with van der Waals surface area (Å²) in [7, 11) is -1.91. The summed E-state index contributed by atoms with van der Waals surface area (Å²) in [5.74, 6) is -0.0849. The fourth-order valence-corrected chi connectivity index (χ4v) is 5.95. The lowest BCUT2D eigenvalue weighted by Crippen LogP contribution is -2.40. The number of carbonyl (C=O) groups is 1. The Morgan fingerprint density at radius 2 is 1.94 bits per heavy atom. The highest BCUT2D eigenvalue weighted by Crippen LogP contribution is 2.38. The second-order valence-electron chi connectivity index (χ2n) is 10.3. The topological polar surface area (TPSA) is 92.3 Å². The monoisotopic (exact) mass is 586 g/mol. The van der Waals surface area contributed by atoms with Crippen LogP contribution in [0.25, 0.3) is 16.0 Å². The van der Waals surface area contributed by atoms with Gasteiger partial charge in [0, 0.05) is 16.1 Å². The highest BCUT2D eigenvalue weighted by atomic mass is 79.9. The van der Waals surface area contributed by atoms with Gasteiger partial charge in [-0.25, -0.2) is 4.98 Å². The standard InChI is InChI=1S/C26H31BrN4O3SSi/c1-16(18-9-7-8-10-19(18)27)34-22-12-23(35-24(22)25(28)32)31-15-30-20-13-29-17(11-21(20)31)14-33-36(5,6)26(2,3)4/h7-13,15-16H,14H2,1-6H3,(H2,28,32)/t16-/m1/s1. The fourth-order valence-electron chi connectivity index (χ4n) is 3.48. The van der Waals surface area contributed by atoms with Crippen LogP contribution < -0.4 is 10.5 Å². The number of nitrogens with two attached hydrogens (primary N) is 1. The van der Waals surface area contributed by atoms with Crippen LogP contribution in [0.4, 0.5) is 0 Å². The molecule has 0 unspecified atom stereocenters. The molecule has 3 heterocycles. The zero-order valence-corrected chi connectivity index (χ0v) is 24.7. The van der Waals surface area contributed by atoms with Crippen molar-refractivity contribution >= 4 is 52.5 Å². The minimum atomic E-state index is -1.91. The summed E-state index contributed by atoms with van der Waals surface area (Å²) in [5.41, 5.74) is 9.15. The Labute approximate surface area is 224 Å². The zero-order valence-electron chi connectivity index (χ0n) is 21.3. The van der Waals surface area contributed by atoms with E-state index in [4.69, 9.17) is 14.9 Å². The maximum atomic E-state index is 12.3. The molecule has 10 heteroatoms. The van der Waals surface area contributed by atoms with Gasteiger partial charge in [-0.2, -0.15) is 0 Å². The van der Waals surface area contributed by atoms with Crippen LogP contribution in [-0.2, 0) is 11.0 Å². The molecule has 1 aromatic carbocycles. The van der Waals surface area contributed by atoms with Gasteiger partial charge in [-0.1, -0.05) is 54.9 Å². The van der Waals surface area contributed by atoms with Crippen molar-refractivity contribution in [2.75, 3.05) is 0 Å². The van der Waals surface area contributed by atoms with Gasteiger partial charge in [-0.05, 0) is 37.2 Å². The van der Waals surface area contributed by atoms with E-state index in [1.54, 1.807) is 12.5 Å². The van der Waals surface area contributed by atoms with Gasteiger partial charge >= 0.3 is 0 Å².